The lowest BCUT2D eigenvalue weighted by molar-refractivity contribution is 0.0649. The van der Waals surface area contributed by atoms with Gasteiger partial charge in [-0.05, 0) is 25.0 Å². The van der Waals surface area contributed by atoms with Gasteiger partial charge < -0.3 is 19.3 Å². The molecule has 2 aromatic heterocycles. The van der Waals surface area contributed by atoms with E-state index >= 15 is 0 Å². The van der Waals surface area contributed by atoms with E-state index in [1.165, 1.54) is 7.11 Å². The van der Waals surface area contributed by atoms with E-state index in [0.29, 0.717) is 30.1 Å². The number of nitrogens with zero attached hydrogens (tertiary/aromatic N) is 6. The van der Waals surface area contributed by atoms with Gasteiger partial charge >= 0.3 is 6.09 Å². The van der Waals surface area contributed by atoms with Gasteiger partial charge in [-0.1, -0.05) is 11.6 Å². The Balaban J connectivity index is 1.73. The monoisotopic (exact) mass is 406 g/mol. The molecular weight excluding hydrogens is 384 g/mol. The van der Waals surface area contributed by atoms with Gasteiger partial charge in [0.25, 0.3) is 0 Å². The number of hydrogen-bond acceptors (Lipinski definition) is 7. The maximum atomic E-state index is 12.1. The van der Waals surface area contributed by atoms with Gasteiger partial charge in [-0.15, -0.1) is 10.2 Å². The van der Waals surface area contributed by atoms with Crippen molar-refractivity contribution in [1.82, 2.24) is 24.9 Å². The lowest BCUT2D eigenvalue weighted by atomic mass is 10.0. The zero-order chi connectivity index (χ0) is 19.7. The third kappa shape index (κ3) is 3.51. The van der Waals surface area contributed by atoms with Crippen molar-refractivity contribution in [2.75, 3.05) is 38.8 Å². The molecule has 2 aromatic rings. The Morgan fingerprint density at radius 2 is 2.11 bits per heavy atom. The Kier molecular flexibility index (Phi) is 5.36. The fourth-order valence-corrected chi connectivity index (χ4v) is 3.91. The Morgan fingerprint density at radius 1 is 1.32 bits per heavy atom. The highest BCUT2D eigenvalue weighted by molar-refractivity contribution is 6.29. The molecule has 0 atom stereocenters. The van der Waals surface area contributed by atoms with E-state index in [1.807, 2.05) is 11.9 Å². The van der Waals surface area contributed by atoms with E-state index in [1.54, 1.807) is 17.0 Å². The molecule has 10 heteroatoms. The fraction of sp³-hybridized carbons (Fsp3) is 0.556. The fourth-order valence-electron chi connectivity index (χ4n) is 3.81. The van der Waals surface area contributed by atoms with Gasteiger partial charge in [0.05, 0.1) is 19.7 Å². The minimum Gasteiger partial charge on any atom is -0.453 e. The maximum Gasteiger partial charge on any atom is 0.409 e. The molecule has 0 saturated carbocycles. The van der Waals surface area contributed by atoms with Crippen molar-refractivity contribution in [3.63, 3.8) is 0 Å². The SMILES string of the molecule is COC(=O)N1CCc2c(c(N(C)c3ccc(Cl)nn3)nn2C2CCOCC2)C1. The molecule has 0 spiro atoms. The zero-order valence-corrected chi connectivity index (χ0v) is 16.7. The van der Waals surface area contributed by atoms with Crippen LogP contribution in [0.4, 0.5) is 16.4 Å². The summed E-state index contributed by atoms with van der Waals surface area (Å²) >= 11 is 5.87. The molecule has 0 radical (unpaired) electrons. The van der Waals surface area contributed by atoms with Gasteiger partial charge in [-0.25, -0.2) is 4.79 Å². The second kappa shape index (κ2) is 7.92. The van der Waals surface area contributed by atoms with E-state index in [-0.39, 0.29) is 6.09 Å². The van der Waals surface area contributed by atoms with E-state index in [9.17, 15) is 4.79 Å². The molecule has 4 heterocycles. The van der Waals surface area contributed by atoms with Gasteiger partial charge in [0.1, 0.15) is 0 Å². The number of anilines is 2. The van der Waals surface area contributed by atoms with Gasteiger partial charge in [-0.3, -0.25) is 4.68 Å². The first-order valence-corrected chi connectivity index (χ1v) is 9.70. The summed E-state index contributed by atoms with van der Waals surface area (Å²) in [6, 6.07) is 3.80. The number of fused-ring (bicyclic) bond motifs is 1. The predicted molar refractivity (Wildman–Crippen MR) is 103 cm³/mol. The summed E-state index contributed by atoms with van der Waals surface area (Å²) in [5.74, 6) is 1.41. The Bertz CT molecular complexity index is 850. The minimum absolute atomic E-state index is 0.297. The predicted octanol–water partition coefficient (Wildman–Crippen LogP) is 2.57. The van der Waals surface area contributed by atoms with Crippen LogP contribution in [0.2, 0.25) is 5.15 Å². The summed E-state index contributed by atoms with van der Waals surface area (Å²) in [7, 11) is 3.30. The number of carbonyl (C=O) groups excluding carboxylic acids is 1. The maximum absolute atomic E-state index is 12.1. The molecule has 0 unspecified atom stereocenters. The van der Waals surface area contributed by atoms with Gasteiger partial charge in [0.15, 0.2) is 16.8 Å². The van der Waals surface area contributed by atoms with Crippen LogP contribution in [0.1, 0.15) is 30.1 Å². The van der Waals surface area contributed by atoms with Crippen LogP contribution < -0.4 is 4.90 Å². The first-order chi connectivity index (χ1) is 13.6. The van der Waals surface area contributed by atoms with Crippen LogP contribution >= 0.6 is 11.6 Å². The third-order valence-electron chi connectivity index (χ3n) is 5.31. The van der Waals surface area contributed by atoms with Crippen molar-refractivity contribution in [3.05, 3.63) is 28.5 Å². The van der Waals surface area contributed by atoms with Crippen molar-refractivity contribution in [1.29, 1.82) is 0 Å². The largest absolute Gasteiger partial charge is 0.453 e. The van der Waals surface area contributed by atoms with Crippen molar-refractivity contribution in [2.45, 2.75) is 31.8 Å². The van der Waals surface area contributed by atoms with Gasteiger partial charge in [0.2, 0.25) is 0 Å². The van der Waals surface area contributed by atoms with Gasteiger partial charge in [0, 0.05) is 44.5 Å². The Morgan fingerprint density at radius 3 is 2.79 bits per heavy atom. The van der Waals surface area contributed by atoms with E-state index in [4.69, 9.17) is 26.2 Å². The number of ether oxygens (including phenoxy) is 2. The Labute approximate surface area is 168 Å². The number of amides is 1. The highest BCUT2D eigenvalue weighted by Gasteiger charge is 2.32. The summed E-state index contributed by atoms with van der Waals surface area (Å²) in [4.78, 5) is 15.7. The molecule has 0 bridgehead atoms. The lowest BCUT2D eigenvalue weighted by Gasteiger charge is -2.29. The first-order valence-electron chi connectivity index (χ1n) is 9.32. The number of aromatic nitrogens is 4. The second-order valence-electron chi connectivity index (χ2n) is 6.95. The number of methoxy groups -OCH3 is 1. The normalized spacial score (nSPS) is 17.3. The van der Waals surface area contributed by atoms with Crippen molar-refractivity contribution >= 4 is 29.3 Å². The smallest absolute Gasteiger partial charge is 0.409 e. The molecule has 1 saturated heterocycles. The molecule has 4 rings (SSSR count). The van der Waals surface area contributed by atoms with Crippen molar-refractivity contribution in [3.8, 4) is 0 Å². The molecular formula is C18H23ClN6O3. The molecule has 150 valence electrons. The highest BCUT2D eigenvalue weighted by atomic mass is 35.5. The van der Waals surface area contributed by atoms with Crippen LogP contribution in [0.5, 0.6) is 0 Å². The molecule has 2 aliphatic rings. The quantitative estimate of drug-likeness (QED) is 0.774. The average molecular weight is 407 g/mol. The van der Waals surface area contributed by atoms with Crippen molar-refractivity contribution < 1.29 is 14.3 Å². The number of hydrogen-bond donors (Lipinski definition) is 0. The zero-order valence-electron chi connectivity index (χ0n) is 16.0. The molecule has 0 N–H and O–H groups in total. The Hall–Kier alpha value is -2.39. The van der Waals surface area contributed by atoms with Crippen LogP contribution in [0.25, 0.3) is 0 Å². The topological polar surface area (TPSA) is 85.6 Å². The standard InChI is InChI=1S/C18H23ClN6O3/c1-23(16-4-3-15(19)20-21-16)17-13-11-24(18(26)27-2)8-5-14(13)25(22-17)12-6-9-28-10-7-12/h3-4,12H,5-11H2,1-2H3. The molecule has 0 aliphatic carbocycles. The third-order valence-corrected chi connectivity index (χ3v) is 5.52. The van der Waals surface area contributed by atoms with Crippen molar-refractivity contribution in [2.24, 2.45) is 0 Å². The van der Waals surface area contributed by atoms with Gasteiger partial charge in [-0.2, -0.15) is 5.10 Å². The van der Waals surface area contributed by atoms with E-state index in [0.717, 1.165) is 49.6 Å². The number of rotatable bonds is 3. The molecule has 28 heavy (non-hydrogen) atoms. The summed E-state index contributed by atoms with van der Waals surface area (Å²) in [5, 5.41) is 13.4. The van der Waals surface area contributed by atoms with E-state index < -0.39 is 0 Å². The molecule has 9 nitrogen and oxygen atoms in total. The summed E-state index contributed by atoms with van der Waals surface area (Å²) in [5.41, 5.74) is 2.18. The number of carbonyl (C=O) groups is 1. The average Bonchev–Trinajstić information content (AvgIpc) is 3.12. The molecule has 0 aromatic carbocycles. The van der Waals surface area contributed by atoms with E-state index in [2.05, 4.69) is 14.9 Å². The lowest BCUT2D eigenvalue weighted by Crippen LogP contribution is -2.37. The van der Waals surface area contributed by atoms with Crippen LogP contribution in [0.15, 0.2) is 12.1 Å². The second-order valence-corrected chi connectivity index (χ2v) is 7.34. The summed E-state index contributed by atoms with van der Waals surface area (Å²) < 4.78 is 12.6. The van der Waals surface area contributed by atoms with Crippen LogP contribution in [-0.4, -0.2) is 64.9 Å². The summed E-state index contributed by atoms with van der Waals surface area (Å²) in [6.07, 6.45) is 2.26. The molecule has 1 fully saturated rings. The number of halogens is 1. The molecule has 1 amide bonds. The minimum atomic E-state index is -0.329. The summed E-state index contributed by atoms with van der Waals surface area (Å²) in [6.45, 7) is 2.53. The van der Waals surface area contributed by atoms with Crippen LogP contribution in [-0.2, 0) is 22.4 Å². The van der Waals surface area contributed by atoms with Crippen LogP contribution in [0, 0.1) is 0 Å². The molecule has 2 aliphatic heterocycles. The van der Waals surface area contributed by atoms with Crippen LogP contribution in [0.3, 0.4) is 0 Å². The first kappa shape index (κ1) is 18.9. The highest BCUT2D eigenvalue weighted by Crippen LogP contribution is 2.35.